The zero-order chi connectivity index (χ0) is 21.0. The van der Waals surface area contributed by atoms with Gasteiger partial charge < -0.3 is 4.42 Å². The van der Waals surface area contributed by atoms with Crippen LogP contribution in [0, 0.1) is 27.2 Å². The van der Waals surface area contributed by atoms with Crippen molar-refractivity contribution >= 4 is 23.5 Å². The van der Waals surface area contributed by atoms with Crippen LogP contribution in [0.2, 0.25) is 0 Å². The number of hydrazone groups is 1. The maximum Gasteiger partial charge on any atom is 0.280 e. The molecule has 2 aromatic carbocycles. The van der Waals surface area contributed by atoms with E-state index < -0.39 is 15.8 Å². The van der Waals surface area contributed by atoms with Crippen LogP contribution in [0.5, 0.6) is 0 Å². The van der Waals surface area contributed by atoms with E-state index in [2.05, 4.69) is 10.5 Å². The average molecular weight is 394 g/mol. The van der Waals surface area contributed by atoms with Gasteiger partial charge in [0.1, 0.15) is 11.5 Å². The van der Waals surface area contributed by atoms with Crippen LogP contribution >= 0.6 is 0 Å². The molecule has 0 spiro atoms. The molecule has 1 N–H and O–H groups in total. The van der Waals surface area contributed by atoms with Gasteiger partial charge in [-0.3, -0.25) is 25.0 Å². The molecule has 10 heteroatoms. The van der Waals surface area contributed by atoms with Gasteiger partial charge in [0, 0.05) is 23.8 Å². The summed E-state index contributed by atoms with van der Waals surface area (Å²) in [6.07, 6.45) is 1.24. The Morgan fingerprint density at radius 3 is 2.41 bits per heavy atom. The minimum absolute atomic E-state index is 0.0747. The summed E-state index contributed by atoms with van der Waals surface area (Å²) in [7, 11) is 0. The standard InChI is InChI=1S/C19H14N4O6/c1-12-2-8-16(17(10-12)23(27)28)18-9-7-15(29-18)11-20-21-19(24)13-3-5-14(6-4-13)22(25)26/h2-11H,1H3,(H,21,24)/b20-11-. The molecule has 0 aliphatic carbocycles. The van der Waals surface area contributed by atoms with E-state index in [-0.39, 0.29) is 22.7 Å². The topological polar surface area (TPSA) is 141 Å². The minimum atomic E-state index is -0.563. The van der Waals surface area contributed by atoms with Crippen molar-refractivity contribution in [2.45, 2.75) is 6.92 Å². The van der Waals surface area contributed by atoms with E-state index >= 15 is 0 Å². The number of carbonyl (C=O) groups is 1. The zero-order valence-corrected chi connectivity index (χ0v) is 15.1. The smallest absolute Gasteiger partial charge is 0.280 e. The van der Waals surface area contributed by atoms with Crippen molar-refractivity contribution in [1.82, 2.24) is 5.43 Å². The third kappa shape index (κ3) is 4.50. The second-order valence-corrected chi connectivity index (χ2v) is 5.98. The van der Waals surface area contributed by atoms with Gasteiger partial charge in [0.2, 0.25) is 0 Å². The van der Waals surface area contributed by atoms with Crippen LogP contribution in [-0.4, -0.2) is 22.0 Å². The Bertz CT molecular complexity index is 1120. The Morgan fingerprint density at radius 1 is 1.03 bits per heavy atom. The van der Waals surface area contributed by atoms with Crippen LogP contribution in [0.4, 0.5) is 11.4 Å². The first-order valence-electron chi connectivity index (χ1n) is 8.28. The number of benzene rings is 2. The summed E-state index contributed by atoms with van der Waals surface area (Å²) < 4.78 is 5.55. The molecule has 10 nitrogen and oxygen atoms in total. The number of hydrogen-bond donors (Lipinski definition) is 1. The van der Waals surface area contributed by atoms with Crippen molar-refractivity contribution in [3.05, 3.63) is 91.7 Å². The maximum atomic E-state index is 12.0. The molecule has 29 heavy (non-hydrogen) atoms. The summed E-state index contributed by atoms with van der Waals surface area (Å²) in [6, 6.07) is 13.0. The third-order valence-electron chi connectivity index (χ3n) is 3.94. The first-order valence-corrected chi connectivity index (χ1v) is 8.28. The Balaban J connectivity index is 1.70. The van der Waals surface area contributed by atoms with Crippen molar-refractivity contribution in [3.8, 4) is 11.3 Å². The number of rotatable bonds is 6. The summed E-state index contributed by atoms with van der Waals surface area (Å²) >= 11 is 0. The van der Waals surface area contributed by atoms with Crippen LogP contribution in [0.1, 0.15) is 21.7 Å². The van der Waals surface area contributed by atoms with E-state index in [0.29, 0.717) is 11.3 Å². The lowest BCUT2D eigenvalue weighted by atomic mass is 10.1. The van der Waals surface area contributed by atoms with Gasteiger partial charge in [-0.1, -0.05) is 6.07 Å². The molecule has 0 bridgehead atoms. The number of aryl methyl sites for hydroxylation is 1. The number of furan rings is 1. The number of nitrogens with one attached hydrogen (secondary N) is 1. The molecule has 1 aromatic heterocycles. The molecule has 0 aliphatic heterocycles. The first-order chi connectivity index (χ1) is 13.8. The third-order valence-corrected chi connectivity index (χ3v) is 3.94. The molecule has 1 amide bonds. The number of nitrogens with zero attached hydrogens (tertiary/aromatic N) is 3. The Hall–Kier alpha value is -4.34. The number of nitro benzene ring substituents is 2. The summed E-state index contributed by atoms with van der Waals surface area (Å²) in [5, 5.41) is 25.6. The summed E-state index contributed by atoms with van der Waals surface area (Å²) in [4.78, 5) is 32.8. The average Bonchev–Trinajstić information content (AvgIpc) is 3.16. The molecule has 146 valence electrons. The van der Waals surface area contributed by atoms with Crippen LogP contribution in [0.15, 0.2) is 64.1 Å². The highest BCUT2D eigenvalue weighted by Gasteiger charge is 2.18. The highest BCUT2D eigenvalue weighted by molar-refractivity contribution is 5.95. The zero-order valence-electron chi connectivity index (χ0n) is 15.1. The number of carbonyl (C=O) groups excluding carboxylic acids is 1. The van der Waals surface area contributed by atoms with E-state index in [9.17, 15) is 25.0 Å². The predicted molar refractivity (Wildman–Crippen MR) is 104 cm³/mol. The highest BCUT2D eigenvalue weighted by atomic mass is 16.6. The molecule has 0 atom stereocenters. The Morgan fingerprint density at radius 2 is 1.76 bits per heavy atom. The van der Waals surface area contributed by atoms with Gasteiger partial charge in [-0.25, -0.2) is 5.43 Å². The highest BCUT2D eigenvalue weighted by Crippen LogP contribution is 2.31. The lowest BCUT2D eigenvalue weighted by molar-refractivity contribution is -0.384. The maximum absolute atomic E-state index is 12.0. The van der Waals surface area contributed by atoms with Crippen LogP contribution < -0.4 is 5.43 Å². The SMILES string of the molecule is Cc1ccc(-c2ccc(/C=N\NC(=O)c3ccc([N+](=O)[O-])cc3)o2)c([N+](=O)[O-])c1. The van der Waals surface area contributed by atoms with E-state index in [1.165, 1.54) is 36.5 Å². The molecule has 0 fully saturated rings. The van der Waals surface area contributed by atoms with E-state index in [1.807, 2.05) is 0 Å². The van der Waals surface area contributed by atoms with Crippen molar-refractivity contribution in [3.63, 3.8) is 0 Å². The van der Waals surface area contributed by atoms with Crippen LogP contribution in [0.25, 0.3) is 11.3 Å². The van der Waals surface area contributed by atoms with Gasteiger partial charge in [0.05, 0.1) is 21.6 Å². The quantitative estimate of drug-likeness (QED) is 0.382. The minimum Gasteiger partial charge on any atom is -0.455 e. The van der Waals surface area contributed by atoms with Crippen molar-refractivity contribution in [2.24, 2.45) is 5.10 Å². The number of hydrogen-bond acceptors (Lipinski definition) is 7. The Kier molecular flexibility index (Phi) is 5.44. The second kappa shape index (κ2) is 8.13. The molecular weight excluding hydrogens is 380 g/mol. The number of non-ortho nitro benzene ring substituents is 1. The molecule has 0 radical (unpaired) electrons. The normalized spacial score (nSPS) is 10.8. The lowest BCUT2D eigenvalue weighted by Gasteiger charge is -2.01. The van der Waals surface area contributed by atoms with Gasteiger partial charge in [-0.15, -0.1) is 0 Å². The van der Waals surface area contributed by atoms with Crippen molar-refractivity contribution in [1.29, 1.82) is 0 Å². The van der Waals surface area contributed by atoms with Gasteiger partial charge >= 0.3 is 0 Å². The summed E-state index contributed by atoms with van der Waals surface area (Å²) in [5.41, 5.74) is 3.35. The molecule has 0 aliphatic rings. The lowest BCUT2D eigenvalue weighted by Crippen LogP contribution is -2.17. The van der Waals surface area contributed by atoms with Crippen molar-refractivity contribution < 1.29 is 19.1 Å². The molecule has 0 saturated heterocycles. The van der Waals surface area contributed by atoms with E-state index in [1.54, 1.807) is 31.2 Å². The molecule has 3 rings (SSSR count). The van der Waals surface area contributed by atoms with Crippen LogP contribution in [-0.2, 0) is 0 Å². The first kappa shape index (κ1) is 19.4. The van der Waals surface area contributed by atoms with Crippen molar-refractivity contribution in [2.75, 3.05) is 0 Å². The van der Waals surface area contributed by atoms with Gasteiger partial charge in [-0.2, -0.15) is 5.10 Å². The molecule has 0 saturated carbocycles. The predicted octanol–water partition coefficient (Wildman–Crippen LogP) is 3.84. The Labute approximate surface area is 163 Å². The van der Waals surface area contributed by atoms with Gasteiger partial charge in [0.15, 0.2) is 0 Å². The monoisotopic (exact) mass is 394 g/mol. The van der Waals surface area contributed by atoms with E-state index in [0.717, 1.165) is 5.56 Å². The fourth-order valence-electron chi connectivity index (χ4n) is 2.52. The fraction of sp³-hybridized carbons (Fsp3) is 0.0526. The van der Waals surface area contributed by atoms with Gasteiger partial charge in [-0.05, 0) is 42.8 Å². The second-order valence-electron chi connectivity index (χ2n) is 5.98. The number of nitro groups is 2. The van der Waals surface area contributed by atoms with Crippen LogP contribution in [0.3, 0.4) is 0 Å². The molecular formula is C19H14N4O6. The largest absolute Gasteiger partial charge is 0.455 e. The fourth-order valence-corrected chi connectivity index (χ4v) is 2.52. The molecule has 1 heterocycles. The molecule has 0 unspecified atom stereocenters. The van der Waals surface area contributed by atoms with E-state index in [4.69, 9.17) is 4.42 Å². The van der Waals surface area contributed by atoms with Gasteiger partial charge in [0.25, 0.3) is 17.3 Å². The summed E-state index contributed by atoms with van der Waals surface area (Å²) in [5.74, 6) is 0.0100. The molecule has 3 aromatic rings. The summed E-state index contributed by atoms with van der Waals surface area (Å²) in [6.45, 7) is 1.75. The number of amides is 1.